The van der Waals surface area contributed by atoms with Gasteiger partial charge in [-0.05, 0) is 55.9 Å². The Morgan fingerprint density at radius 1 is 1.04 bits per heavy atom. The van der Waals surface area contributed by atoms with Crippen molar-refractivity contribution in [2.45, 2.75) is 20.4 Å². The summed E-state index contributed by atoms with van der Waals surface area (Å²) in [6.45, 7) is 9.77. The topological polar surface area (TPSA) is 51.8 Å². The Hall–Kier alpha value is -2.73. The predicted molar refractivity (Wildman–Crippen MR) is 114 cm³/mol. The van der Waals surface area contributed by atoms with Crippen molar-refractivity contribution in [1.29, 1.82) is 0 Å². The van der Waals surface area contributed by atoms with Crippen molar-refractivity contribution in [2.24, 2.45) is 0 Å². The first-order chi connectivity index (χ1) is 13.2. The molecule has 0 unspecified atom stereocenters. The van der Waals surface area contributed by atoms with Gasteiger partial charge in [0.25, 0.3) is 0 Å². The fraction of sp³-hybridized carbons (Fsp3) is 0.286. The zero-order chi connectivity index (χ0) is 19.5. The molecule has 0 heterocycles. The highest BCUT2D eigenvalue weighted by Crippen LogP contribution is 2.28. The van der Waals surface area contributed by atoms with Crippen molar-refractivity contribution in [3.8, 4) is 17.2 Å². The Morgan fingerprint density at radius 3 is 2.56 bits per heavy atom. The number of rotatable bonds is 10. The molecule has 0 fully saturated rings. The molecule has 6 heteroatoms. The molecule has 0 spiro atoms. The van der Waals surface area contributed by atoms with Gasteiger partial charge < -0.3 is 24.8 Å². The van der Waals surface area contributed by atoms with E-state index in [4.69, 9.17) is 26.4 Å². The largest absolute Gasteiger partial charge is 0.490 e. The average Bonchev–Trinajstić information content (AvgIpc) is 2.67. The van der Waals surface area contributed by atoms with Crippen LogP contribution in [0.3, 0.4) is 0 Å². The first-order valence-electron chi connectivity index (χ1n) is 8.93. The van der Waals surface area contributed by atoms with E-state index in [0.717, 1.165) is 28.5 Å². The molecule has 0 atom stereocenters. The Labute approximate surface area is 166 Å². The molecule has 27 heavy (non-hydrogen) atoms. The summed E-state index contributed by atoms with van der Waals surface area (Å²) in [5.41, 5.74) is 1.91. The van der Waals surface area contributed by atoms with Crippen LogP contribution in [-0.2, 0) is 6.54 Å². The minimum absolute atomic E-state index is 0.464. The van der Waals surface area contributed by atoms with Gasteiger partial charge in [0.05, 0.1) is 13.2 Å². The van der Waals surface area contributed by atoms with Crippen LogP contribution in [-0.4, -0.2) is 24.9 Å². The fourth-order valence-corrected chi connectivity index (χ4v) is 2.57. The van der Waals surface area contributed by atoms with E-state index >= 15 is 0 Å². The van der Waals surface area contributed by atoms with Gasteiger partial charge in [-0.15, -0.1) is 0 Å². The van der Waals surface area contributed by atoms with Crippen LogP contribution in [0.2, 0.25) is 0 Å². The van der Waals surface area contributed by atoms with E-state index in [1.807, 2.05) is 56.3 Å². The Morgan fingerprint density at radius 2 is 1.81 bits per heavy atom. The quantitative estimate of drug-likeness (QED) is 0.462. The number of nitrogens with one attached hydrogen (secondary N) is 2. The van der Waals surface area contributed by atoms with Crippen molar-refractivity contribution in [1.82, 2.24) is 5.32 Å². The SMILES string of the molecule is C=CCOc1cccc(NC(=S)NCc2ccc(OCC)c(OCC)c2)c1. The van der Waals surface area contributed by atoms with Gasteiger partial charge in [-0.2, -0.15) is 0 Å². The maximum atomic E-state index is 5.66. The molecular weight excluding hydrogens is 360 g/mol. The summed E-state index contributed by atoms with van der Waals surface area (Å²) in [5, 5.41) is 6.89. The smallest absolute Gasteiger partial charge is 0.171 e. The summed E-state index contributed by atoms with van der Waals surface area (Å²) >= 11 is 5.38. The molecule has 5 nitrogen and oxygen atoms in total. The van der Waals surface area contributed by atoms with E-state index in [9.17, 15) is 0 Å². The summed E-state index contributed by atoms with van der Waals surface area (Å²) in [6, 6.07) is 13.5. The summed E-state index contributed by atoms with van der Waals surface area (Å²) in [7, 11) is 0. The van der Waals surface area contributed by atoms with Gasteiger partial charge in [-0.25, -0.2) is 0 Å². The number of anilines is 1. The first-order valence-corrected chi connectivity index (χ1v) is 9.34. The third-order valence-electron chi connectivity index (χ3n) is 3.52. The lowest BCUT2D eigenvalue weighted by Gasteiger charge is -2.14. The molecule has 0 amide bonds. The van der Waals surface area contributed by atoms with Crippen molar-refractivity contribution in [3.63, 3.8) is 0 Å². The van der Waals surface area contributed by atoms with Gasteiger partial charge in [0, 0.05) is 18.3 Å². The zero-order valence-corrected chi connectivity index (χ0v) is 16.6. The Kier molecular flexibility index (Phi) is 8.45. The van der Waals surface area contributed by atoms with E-state index < -0.39 is 0 Å². The molecule has 2 aromatic rings. The van der Waals surface area contributed by atoms with Crippen LogP contribution in [0, 0.1) is 0 Å². The van der Waals surface area contributed by atoms with E-state index in [1.54, 1.807) is 6.08 Å². The molecule has 0 saturated heterocycles. The van der Waals surface area contributed by atoms with Gasteiger partial charge >= 0.3 is 0 Å². The molecule has 0 aliphatic heterocycles. The van der Waals surface area contributed by atoms with Crippen LogP contribution >= 0.6 is 12.2 Å². The molecule has 0 aliphatic rings. The molecule has 0 aliphatic carbocycles. The Balaban J connectivity index is 1.93. The molecule has 0 bridgehead atoms. The van der Waals surface area contributed by atoms with Crippen molar-refractivity contribution in [3.05, 3.63) is 60.7 Å². The fourth-order valence-electron chi connectivity index (χ4n) is 2.38. The van der Waals surface area contributed by atoms with E-state index in [1.165, 1.54) is 0 Å². The second-order valence-corrected chi connectivity index (χ2v) is 5.99. The van der Waals surface area contributed by atoms with E-state index in [0.29, 0.717) is 31.5 Å². The van der Waals surface area contributed by atoms with Gasteiger partial charge in [0.2, 0.25) is 0 Å². The zero-order valence-electron chi connectivity index (χ0n) is 15.8. The monoisotopic (exact) mass is 386 g/mol. The highest BCUT2D eigenvalue weighted by Gasteiger charge is 2.07. The molecular formula is C21H26N2O3S. The average molecular weight is 387 g/mol. The first kappa shape index (κ1) is 20.6. The highest BCUT2D eigenvalue weighted by atomic mass is 32.1. The summed E-state index contributed by atoms with van der Waals surface area (Å²) < 4.78 is 16.8. The van der Waals surface area contributed by atoms with Crippen molar-refractivity contribution >= 4 is 23.0 Å². The highest BCUT2D eigenvalue weighted by molar-refractivity contribution is 7.80. The molecule has 0 aromatic heterocycles. The summed E-state index contributed by atoms with van der Waals surface area (Å²) in [4.78, 5) is 0. The second-order valence-electron chi connectivity index (χ2n) is 5.58. The number of thiocarbonyl (C=S) groups is 1. The predicted octanol–water partition coefficient (Wildman–Crippen LogP) is 4.54. The maximum Gasteiger partial charge on any atom is 0.171 e. The third kappa shape index (κ3) is 6.83. The number of hydrogen-bond acceptors (Lipinski definition) is 4. The number of ether oxygens (including phenoxy) is 3. The van der Waals surface area contributed by atoms with Crippen LogP contribution in [0.4, 0.5) is 5.69 Å². The molecule has 144 valence electrons. The standard InChI is InChI=1S/C21H26N2O3S/c1-4-12-26-18-9-7-8-17(14-18)23-21(27)22-15-16-10-11-19(24-5-2)20(13-16)25-6-3/h4,7-11,13-14H,1,5-6,12,15H2,2-3H3,(H2,22,23,27). The lowest BCUT2D eigenvalue weighted by atomic mass is 10.2. The van der Waals surface area contributed by atoms with E-state index in [2.05, 4.69) is 17.2 Å². The van der Waals surface area contributed by atoms with Crippen molar-refractivity contribution in [2.75, 3.05) is 25.1 Å². The van der Waals surface area contributed by atoms with Crippen LogP contribution < -0.4 is 24.8 Å². The van der Waals surface area contributed by atoms with Gasteiger partial charge in [0.15, 0.2) is 16.6 Å². The third-order valence-corrected chi connectivity index (χ3v) is 3.77. The van der Waals surface area contributed by atoms with Gasteiger partial charge in [-0.3, -0.25) is 0 Å². The van der Waals surface area contributed by atoms with Crippen LogP contribution in [0.15, 0.2) is 55.1 Å². The molecule has 2 aromatic carbocycles. The van der Waals surface area contributed by atoms with Crippen molar-refractivity contribution < 1.29 is 14.2 Å². The normalized spacial score (nSPS) is 10.0. The minimum atomic E-state index is 0.464. The maximum absolute atomic E-state index is 5.66. The van der Waals surface area contributed by atoms with Crippen LogP contribution in [0.1, 0.15) is 19.4 Å². The molecule has 2 N–H and O–H groups in total. The summed E-state index contributed by atoms with van der Waals surface area (Å²) in [6.07, 6.45) is 1.71. The minimum Gasteiger partial charge on any atom is -0.490 e. The van der Waals surface area contributed by atoms with E-state index in [-0.39, 0.29) is 0 Å². The second kappa shape index (κ2) is 11.1. The molecule has 2 rings (SSSR count). The number of benzene rings is 2. The Bertz CT molecular complexity index is 765. The van der Waals surface area contributed by atoms with Gasteiger partial charge in [-0.1, -0.05) is 24.8 Å². The van der Waals surface area contributed by atoms with Gasteiger partial charge in [0.1, 0.15) is 12.4 Å². The molecule has 0 saturated carbocycles. The lowest BCUT2D eigenvalue weighted by molar-refractivity contribution is 0.287. The lowest BCUT2D eigenvalue weighted by Crippen LogP contribution is -2.27. The number of hydrogen-bond donors (Lipinski definition) is 2. The molecule has 0 radical (unpaired) electrons. The van der Waals surface area contributed by atoms with Crippen LogP contribution in [0.25, 0.3) is 0 Å². The van der Waals surface area contributed by atoms with Crippen LogP contribution in [0.5, 0.6) is 17.2 Å². The summed E-state index contributed by atoms with van der Waals surface area (Å²) in [5.74, 6) is 2.25.